The van der Waals surface area contributed by atoms with Crippen LogP contribution in [0, 0.1) is 34.0 Å². The number of hydrogen-bond acceptors (Lipinski definition) is 6. The predicted octanol–water partition coefficient (Wildman–Crippen LogP) is 6.14. The quantitative estimate of drug-likeness (QED) is 0.268. The molecule has 0 N–H and O–H groups in total. The fourth-order valence-electron chi connectivity index (χ4n) is 6.78. The van der Waals surface area contributed by atoms with Gasteiger partial charge in [-0.25, -0.2) is 4.79 Å². The molecule has 2 rings (SSSR count). The molecular formula is C29H50O6. The molecule has 2 saturated carbocycles. The molecule has 35 heavy (non-hydrogen) atoms. The monoisotopic (exact) mass is 494 g/mol. The summed E-state index contributed by atoms with van der Waals surface area (Å²) in [6.07, 6.45) is 5.92. The summed E-state index contributed by atoms with van der Waals surface area (Å²) in [5.74, 6) is 0.548. The van der Waals surface area contributed by atoms with Gasteiger partial charge in [0.1, 0.15) is 25.6 Å². The Morgan fingerprint density at radius 3 is 2.09 bits per heavy atom. The first-order chi connectivity index (χ1) is 16.0. The van der Waals surface area contributed by atoms with Gasteiger partial charge in [0, 0.05) is 5.92 Å². The molecule has 0 amide bonds. The second kappa shape index (κ2) is 11.3. The summed E-state index contributed by atoms with van der Waals surface area (Å²) in [5, 5.41) is 0. The van der Waals surface area contributed by atoms with Gasteiger partial charge in [-0.15, -0.1) is 0 Å². The molecule has 2 bridgehead atoms. The maximum absolute atomic E-state index is 13.2. The zero-order valence-corrected chi connectivity index (χ0v) is 23.8. The lowest BCUT2D eigenvalue weighted by atomic mass is 9.59. The van der Waals surface area contributed by atoms with Crippen molar-refractivity contribution in [2.75, 3.05) is 19.8 Å². The van der Waals surface area contributed by atoms with E-state index in [0.717, 1.165) is 32.1 Å². The maximum atomic E-state index is 13.2. The molecule has 0 aromatic rings. The molecule has 6 heteroatoms. The third-order valence-electron chi connectivity index (χ3n) is 8.27. The van der Waals surface area contributed by atoms with Crippen LogP contribution in [0.4, 0.5) is 0 Å². The minimum absolute atomic E-state index is 0.00941. The van der Waals surface area contributed by atoms with Crippen LogP contribution < -0.4 is 0 Å². The van der Waals surface area contributed by atoms with Crippen molar-refractivity contribution >= 4 is 17.7 Å². The van der Waals surface area contributed by atoms with Crippen molar-refractivity contribution < 1.29 is 28.6 Å². The van der Waals surface area contributed by atoms with Gasteiger partial charge >= 0.3 is 11.9 Å². The Balaban J connectivity index is 1.87. The third kappa shape index (κ3) is 7.77. The summed E-state index contributed by atoms with van der Waals surface area (Å²) in [6.45, 7) is 18.5. The summed E-state index contributed by atoms with van der Waals surface area (Å²) < 4.78 is 17.2. The molecule has 0 aromatic carbocycles. The van der Waals surface area contributed by atoms with Crippen LogP contribution in [0.3, 0.4) is 0 Å². The van der Waals surface area contributed by atoms with Crippen molar-refractivity contribution in [3.05, 3.63) is 0 Å². The van der Waals surface area contributed by atoms with Gasteiger partial charge < -0.3 is 14.2 Å². The molecule has 0 saturated heterocycles. The molecule has 2 fully saturated rings. The highest BCUT2D eigenvalue weighted by molar-refractivity contribution is 5.79. The van der Waals surface area contributed by atoms with Crippen LogP contribution in [0.2, 0.25) is 0 Å². The first-order valence-electron chi connectivity index (χ1n) is 13.5. The topological polar surface area (TPSA) is 78.9 Å². The average Bonchev–Trinajstić information content (AvgIpc) is 2.71. The minimum Gasteiger partial charge on any atom is -0.462 e. The van der Waals surface area contributed by atoms with Crippen molar-refractivity contribution in [2.24, 2.45) is 34.0 Å². The predicted molar refractivity (Wildman–Crippen MR) is 137 cm³/mol. The average molecular weight is 495 g/mol. The van der Waals surface area contributed by atoms with E-state index in [9.17, 15) is 14.4 Å². The minimum atomic E-state index is -0.611. The van der Waals surface area contributed by atoms with Crippen LogP contribution in [0.25, 0.3) is 0 Å². The Morgan fingerprint density at radius 2 is 1.54 bits per heavy atom. The molecule has 0 heterocycles. The van der Waals surface area contributed by atoms with E-state index in [-0.39, 0.29) is 48.3 Å². The van der Waals surface area contributed by atoms with Crippen molar-refractivity contribution in [1.29, 1.82) is 0 Å². The lowest BCUT2D eigenvalue weighted by molar-refractivity contribution is -0.176. The Bertz CT molecular complexity index is 756. The van der Waals surface area contributed by atoms with Gasteiger partial charge in [-0.2, -0.15) is 0 Å². The first kappa shape index (κ1) is 29.8. The molecule has 2 aliphatic carbocycles. The van der Waals surface area contributed by atoms with Gasteiger partial charge in [-0.1, -0.05) is 55.4 Å². The van der Waals surface area contributed by atoms with Crippen molar-refractivity contribution in [3.8, 4) is 0 Å². The normalized spacial score (nSPS) is 28.7. The van der Waals surface area contributed by atoms with Crippen LogP contribution in [0.5, 0.6) is 0 Å². The SMILES string of the molecule is CCC(CC(C)(C)C)(C(=O)OCCOC(=O)COC12CC(C)CC(CC(C(C)=O)C1)C2)C(C)(C)C. The van der Waals surface area contributed by atoms with Gasteiger partial charge in [0.15, 0.2) is 0 Å². The second-order valence-corrected chi connectivity index (χ2v) is 13.6. The molecule has 6 nitrogen and oxygen atoms in total. The van der Waals surface area contributed by atoms with E-state index in [0.29, 0.717) is 24.7 Å². The second-order valence-electron chi connectivity index (χ2n) is 13.6. The van der Waals surface area contributed by atoms with Crippen LogP contribution in [0.1, 0.15) is 107 Å². The lowest BCUT2D eigenvalue weighted by Gasteiger charge is -2.49. The Hall–Kier alpha value is -1.43. The summed E-state index contributed by atoms with van der Waals surface area (Å²) in [6, 6.07) is 0. The fraction of sp³-hybridized carbons (Fsp3) is 0.897. The third-order valence-corrected chi connectivity index (χ3v) is 8.27. The highest BCUT2D eigenvalue weighted by Crippen LogP contribution is 2.51. The summed E-state index contributed by atoms with van der Waals surface area (Å²) in [7, 11) is 0. The highest BCUT2D eigenvalue weighted by Gasteiger charge is 2.50. The molecular weight excluding hydrogens is 444 g/mol. The standard InChI is InChI=1S/C29H50O6/c1-10-29(27(7,8)9,19-26(4,5)6)25(32)34-12-11-33-24(31)18-35-28-15-20(2)13-22(16-28)14-23(17-28)21(3)30/h20,22-23H,10-19H2,1-9H3. The van der Waals surface area contributed by atoms with E-state index in [1.165, 1.54) is 0 Å². The first-order valence-corrected chi connectivity index (χ1v) is 13.5. The van der Waals surface area contributed by atoms with Crippen molar-refractivity contribution in [3.63, 3.8) is 0 Å². The Kier molecular flexibility index (Phi) is 9.63. The van der Waals surface area contributed by atoms with Gasteiger partial charge in [-0.05, 0) is 74.5 Å². The smallest absolute Gasteiger partial charge is 0.332 e. The number of carbonyl (C=O) groups excluding carboxylic acids is 3. The van der Waals surface area contributed by atoms with Crippen LogP contribution in [-0.4, -0.2) is 43.1 Å². The van der Waals surface area contributed by atoms with E-state index >= 15 is 0 Å². The Morgan fingerprint density at radius 1 is 0.914 bits per heavy atom. The van der Waals surface area contributed by atoms with Crippen LogP contribution >= 0.6 is 0 Å². The molecule has 5 atom stereocenters. The number of carbonyl (C=O) groups is 3. The van der Waals surface area contributed by atoms with Gasteiger partial charge in [0.05, 0.1) is 11.0 Å². The molecule has 0 aromatic heterocycles. The van der Waals surface area contributed by atoms with Gasteiger partial charge in [-0.3, -0.25) is 9.59 Å². The molecule has 0 radical (unpaired) electrons. The fourth-order valence-corrected chi connectivity index (χ4v) is 6.78. The van der Waals surface area contributed by atoms with Crippen molar-refractivity contribution in [1.82, 2.24) is 0 Å². The molecule has 0 aliphatic heterocycles. The molecule has 0 spiro atoms. The molecule has 202 valence electrons. The van der Waals surface area contributed by atoms with Crippen molar-refractivity contribution in [2.45, 2.75) is 113 Å². The maximum Gasteiger partial charge on any atom is 0.332 e. The van der Waals surface area contributed by atoms with Gasteiger partial charge in [0.2, 0.25) is 0 Å². The number of Topliss-reactive ketones (excluding diaryl/α,β-unsaturated/α-hetero) is 1. The number of hydrogen-bond donors (Lipinski definition) is 0. The molecule has 2 aliphatic rings. The Labute approximate surface area is 213 Å². The summed E-state index contributed by atoms with van der Waals surface area (Å²) >= 11 is 0. The number of rotatable bonds is 10. The van der Waals surface area contributed by atoms with E-state index < -0.39 is 17.0 Å². The largest absolute Gasteiger partial charge is 0.462 e. The summed E-state index contributed by atoms with van der Waals surface area (Å²) in [4.78, 5) is 37.7. The van der Waals surface area contributed by atoms with E-state index in [1.807, 2.05) is 6.92 Å². The van der Waals surface area contributed by atoms with Gasteiger partial charge in [0.25, 0.3) is 0 Å². The number of ether oxygens (including phenoxy) is 3. The number of ketones is 1. The zero-order chi connectivity index (χ0) is 26.7. The van der Waals surface area contributed by atoms with Crippen LogP contribution in [-0.2, 0) is 28.6 Å². The number of esters is 2. The summed E-state index contributed by atoms with van der Waals surface area (Å²) in [5.41, 5.74) is -1.31. The van der Waals surface area contributed by atoms with E-state index in [1.54, 1.807) is 6.92 Å². The number of fused-ring (bicyclic) bond motifs is 2. The molecule has 5 unspecified atom stereocenters. The van der Waals surface area contributed by atoms with E-state index in [4.69, 9.17) is 14.2 Å². The van der Waals surface area contributed by atoms with E-state index in [2.05, 4.69) is 48.5 Å². The van der Waals surface area contributed by atoms with Crippen LogP contribution in [0.15, 0.2) is 0 Å². The zero-order valence-electron chi connectivity index (χ0n) is 23.8. The lowest BCUT2D eigenvalue weighted by Crippen LogP contribution is -2.49. The highest BCUT2D eigenvalue weighted by atomic mass is 16.6.